The fourth-order valence-corrected chi connectivity index (χ4v) is 2.27. The molecule has 114 valence electrons. The summed E-state index contributed by atoms with van der Waals surface area (Å²) in [5.74, 6) is 0.851. The topological polar surface area (TPSA) is 37.8 Å². The largest absolute Gasteiger partial charge is 0.340 e. The number of nitrogens with zero attached hydrogens (tertiary/aromatic N) is 2. The molecule has 0 saturated carbocycles. The number of fused-ring (bicyclic) bond motifs is 1. The van der Waals surface area contributed by atoms with Crippen molar-refractivity contribution in [3.05, 3.63) is 59.4 Å². The smallest absolute Gasteiger partial charge is 0.141 e. The molecule has 2 aromatic carbocycles. The van der Waals surface area contributed by atoms with E-state index in [0.29, 0.717) is 0 Å². The summed E-state index contributed by atoms with van der Waals surface area (Å²) in [6.45, 7) is 6.29. The van der Waals surface area contributed by atoms with Crippen LogP contribution >= 0.6 is 37.2 Å². The van der Waals surface area contributed by atoms with Crippen LogP contribution in [0.1, 0.15) is 16.7 Å². The molecule has 0 amide bonds. The van der Waals surface area contributed by atoms with Gasteiger partial charge < -0.3 is 5.32 Å². The van der Waals surface area contributed by atoms with Gasteiger partial charge in [0.25, 0.3) is 0 Å². The number of anilines is 2. The predicted octanol–water partition coefficient (Wildman–Crippen LogP) is 6.07. The predicted molar refractivity (Wildman–Crippen MR) is 112 cm³/mol. The SMILES string of the molecule is Cc1cccc(Nc2ncnc3cc(C)c(C)cc23)c1.II. The zero-order valence-electron chi connectivity index (χ0n) is 12.7. The van der Waals surface area contributed by atoms with Crippen LogP contribution in [0.4, 0.5) is 11.5 Å². The maximum absolute atomic E-state index is 4.38. The molecule has 0 aliphatic rings. The molecule has 0 spiro atoms. The van der Waals surface area contributed by atoms with E-state index < -0.39 is 0 Å². The Hall–Kier alpha value is -0.960. The summed E-state index contributed by atoms with van der Waals surface area (Å²) in [4.78, 5) is 8.73. The Morgan fingerprint density at radius 1 is 0.909 bits per heavy atom. The lowest BCUT2D eigenvalue weighted by Gasteiger charge is -2.10. The zero-order chi connectivity index (χ0) is 16.1. The molecule has 22 heavy (non-hydrogen) atoms. The minimum absolute atomic E-state index is 0.851. The number of benzene rings is 2. The molecule has 1 aromatic heterocycles. The fourth-order valence-electron chi connectivity index (χ4n) is 2.27. The molecule has 0 fully saturated rings. The van der Waals surface area contributed by atoms with Crippen LogP contribution in [0.2, 0.25) is 0 Å². The van der Waals surface area contributed by atoms with E-state index in [1.165, 1.54) is 16.7 Å². The van der Waals surface area contributed by atoms with Gasteiger partial charge in [0.15, 0.2) is 0 Å². The lowest BCUT2D eigenvalue weighted by molar-refractivity contribution is 1.21. The van der Waals surface area contributed by atoms with Crippen molar-refractivity contribution >= 4 is 59.6 Å². The van der Waals surface area contributed by atoms with Crippen LogP contribution < -0.4 is 5.32 Å². The minimum atomic E-state index is 0.851. The summed E-state index contributed by atoms with van der Waals surface area (Å²) < 4.78 is 0. The van der Waals surface area contributed by atoms with Gasteiger partial charge in [-0.2, -0.15) is 0 Å². The first-order valence-corrected chi connectivity index (χ1v) is 13.1. The number of nitrogens with one attached hydrogen (secondary N) is 1. The van der Waals surface area contributed by atoms with Crippen molar-refractivity contribution in [3.63, 3.8) is 0 Å². The summed E-state index contributed by atoms with van der Waals surface area (Å²) >= 11 is 4.24. The van der Waals surface area contributed by atoms with Crippen molar-refractivity contribution in [1.29, 1.82) is 0 Å². The summed E-state index contributed by atoms with van der Waals surface area (Å²) in [5.41, 5.74) is 5.74. The van der Waals surface area contributed by atoms with Gasteiger partial charge in [-0.3, -0.25) is 0 Å². The minimum Gasteiger partial charge on any atom is -0.340 e. The number of aryl methyl sites for hydroxylation is 3. The van der Waals surface area contributed by atoms with E-state index >= 15 is 0 Å². The lowest BCUT2D eigenvalue weighted by atomic mass is 10.1. The van der Waals surface area contributed by atoms with E-state index in [4.69, 9.17) is 0 Å². The average molecular weight is 517 g/mol. The summed E-state index contributed by atoms with van der Waals surface area (Å²) in [7, 11) is 0. The molecule has 0 aliphatic heterocycles. The van der Waals surface area contributed by atoms with Crippen molar-refractivity contribution in [2.24, 2.45) is 0 Å². The molecule has 0 unspecified atom stereocenters. The Morgan fingerprint density at radius 3 is 2.36 bits per heavy atom. The number of hydrogen-bond donors (Lipinski definition) is 1. The maximum Gasteiger partial charge on any atom is 0.141 e. The van der Waals surface area contributed by atoms with Crippen molar-refractivity contribution in [2.75, 3.05) is 5.32 Å². The molecule has 0 saturated heterocycles. The van der Waals surface area contributed by atoms with Gasteiger partial charge in [-0.1, -0.05) is 12.1 Å². The van der Waals surface area contributed by atoms with E-state index in [9.17, 15) is 0 Å². The van der Waals surface area contributed by atoms with E-state index in [2.05, 4.69) is 97.6 Å². The van der Waals surface area contributed by atoms with Crippen molar-refractivity contribution in [1.82, 2.24) is 9.97 Å². The second-order valence-corrected chi connectivity index (χ2v) is 5.17. The van der Waals surface area contributed by atoms with E-state index in [-0.39, 0.29) is 0 Å². The van der Waals surface area contributed by atoms with Crippen molar-refractivity contribution < 1.29 is 0 Å². The number of aromatic nitrogens is 2. The van der Waals surface area contributed by atoms with Gasteiger partial charge >= 0.3 is 0 Å². The Bertz CT molecular complexity index is 788. The third-order valence-corrected chi connectivity index (χ3v) is 3.53. The van der Waals surface area contributed by atoms with Gasteiger partial charge in [-0.05, 0) is 61.7 Å². The Morgan fingerprint density at radius 2 is 1.64 bits per heavy atom. The number of hydrogen-bond acceptors (Lipinski definition) is 3. The quantitative estimate of drug-likeness (QED) is 0.420. The van der Waals surface area contributed by atoms with E-state index in [0.717, 1.165) is 22.4 Å². The van der Waals surface area contributed by atoms with Gasteiger partial charge in [0, 0.05) is 48.3 Å². The van der Waals surface area contributed by atoms with E-state index in [1.54, 1.807) is 6.33 Å². The molecule has 3 rings (SSSR count). The summed E-state index contributed by atoms with van der Waals surface area (Å²) in [6.07, 6.45) is 1.61. The van der Waals surface area contributed by atoms with E-state index in [1.807, 2.05) is 12.1 Å². The van der Waals surface area contributed by atoms with Crippen LogP contribution in [0.15, 0.2) is 42.7 Å². The molecule has 1 N–H and O–H groups in total. The van der Waals surface area contributed by atoms with Crippen LogP contribution in [-0.2, 0) is 0 Å². The van der Waals surface area contributed by atoms with Gasteiger partial charge in [0.2, 0.25) is 0 Å². The van der Waals surface area contributed by atoms with Crippen LogP contribution in [0.3, 0.4) is 0 Å². The molecule has 3 aromatic rings. The zero-order valence-corrected chi connectivity index (χ0v) is 17.0. The molecule has 5 heteroatoms. The molecule has 0 radical (unpaired) electrons. The Kier molecular flexibility index (Phi) is 6.37. The highest BCUT2D eigenvalue weighted by molar-refractivity contribution is 15.0. The molecular weight excluding hydrogens is 500 g/mol. The fraction of sp³-hybridized carbons (Fsp3) is 0.176. The molecule has 3 nitrogen and oxygen atoms in total. The Labute approximate surface area is 154 Å². The highest BCUT2D eigenvalue weighted by Gasteiger charge is 2.06. The second-order valence-electron chi connectivity index (χ2n) is 5.17. The molecular formula is C17H17I2N3. The molecule has 0 atom stereocenters. The molecule has 1 heterocycles. The highest BCUT2D eigenvalue weighted by atomic mass is 128. The normalized spacial score (nSPS) is 10.0. The summed E-state index contributed by atoms with van der Waals surface area (Å²) in [5, 5.41) is 4.44. The molecule has 0 aliphatic carbocycles. The van der Waals surface area contributed by atoms with Gasteiger partial charge in [-0.15, -0.1) is 0 Å². The number of halogens is 2. The third kappa shape index (κ3) is 4.07. The van der Waals surface area contributed by atoms with Crippen molar-refractivity contribution in [2.45, 2.75) is 20.8 Å². The van der Waals surface area contributed by atoms with Gasteiger partial charge in [-0.25, -0.2) is 9.97 Å². The first kappa shape index (κ1) is 17.4. The monoisotopic (exact) mass is 517 g/mol. The maximum atomic E-state index is 4.38. The standard InChI is InChI=1S/C17H17N3.I2/c1-11-5-4-6-14(7-11)20-17-15-8-12(2)13(3)9-16(15)18-10-19-17;1-2/h4-10H,1-3H3,(H,18,19,20);. The van der Waals surface area contributed by atoms with Crippen LogP contribution in [-0.4, -0.2) is 9.97 Å². The van der Waals surface area contributed by atoms with Crippen LogP contribution in [0, 0.1) is 20.8 Å². The third-order valence-electron chi connectivity index (χ3n) is 3.53. The first-order chi connectivity index (χ1) is 10.6. The lowest BCUT2D eigenvalue weighted by Crippen LogP contribution is -1.97. The highest BCUT2D eigenvalue weighted by Crippen LogP contribution is 2.25. The first-order valence-electron chi connectivity index (χ1n) is 6.83. The Balaban J connectivity index is 0.000000847. The number of rotatable bonds is 2. The summed E-state index contributed by atoms with van der Waals surface area (Å²) in [6, 6.07) is 12.5. The second kappa shape index (κ2) is 8.05. The average Bonchev–Trinajstić information content (AvgIpc) is 2.51. The van der Waals surface area contributed by atoms with Gasteiger partial charge in [0.1, 0.15) is 12.1 Å². The molecule has 0 bridgehead atoms. The van der Waals surface area contributed by atoms with Crippen LogP contribution in [0.5, 0.6) is 0 Å². The van der Waals surface area contributed by atoms with Crippen LogP contribution in [0.25, 0.3) is 10.9 Å². The van der Waals surface area contributed by atoms with Gasteiger partial charge in [0.05, 0.1) is 5.52 Å². The van der Waals surface area contributed by atoms with Crippen molar-refractivity contribution in [3.8, 4) is 0 Å².